The van der Waals surface area contributed by atoms with Crippen LogP contribution in [0.4, 0.5) is 4.39 Å². The highest BCUT2D eigenvalue weighted by atomic mass is 19.1. The standard InChI is InChI=1S/C37H44FN5O5/c1-24(2)21-31-35(46)40-25(3)33(44)39-19-7-8-20-43(37(48)29-15-17-30(38)18-16-29)23-27-11-13-28(14-12-27)34(45)41-32(36(47)42-31)22-26-9-5-4-6-10-26/h4-6,9-18,24-25,31-32H,7-8,19-23H2,1-3H3,(H,39,44)(H,40,46)(H,41,45)(H,42,47)/t25-,31+,32-/m1/s1. The third-order valence-corrected chi connectivity index (χ3v) is 8.12. The van der Waals surface area contributed by atoms with Crippen LogP contribution in [-0.4, -0.2) is 65.7 Å². The Hall–Kier alpha value is -5.06. The van der Waals surface area contributed by atoms with E-state index in [1.165, 1.54) is 24.3 Å². The van der Waals surface area contributed by atoms with Gasteiger partial charge in [-0.25, -0.2) is 4.39 Å². The molecule has 0 aliphatic carbocycles. The largest absolute Gasteiger partial charge is 0.354 e. The third-order valence-electron chi connectivity index (χ3n) is 8.12. The number of rotatable bonds is 5. The van der Waals surface area contributed by atoms with Gasteiger partial charge in [-0.05, 0) is 79.6 Å². The Morgan fingerprint density at radius 3 is 2.15 bits per heavy atom. The monoisotopic (exact) mass is 657 g/mol. The zero-order valence-corrected chi connectivity index (χ0v) is 27.6. The highest BCUT2D eigenvalue weighted by molar-refractivity contribution is 5.99. The minimum atomic E-state index is -0.999. The third kappa shape index (κ3) is 10.5. The Balaban J connectivity index is 1.62. The van der Waals surface area contributed by atoms with Gasteiger partial charge >= 0.3 is 0 Å². The number of halogens is 1. The Kier molecular flexibility index (Phi) is 12.8. The molecule has 2 heterocycles. The molecule has 254 valence electrons. The van der Waals surface area contributed by atoms with Crippen LogP contribution in [0.25, 0.3) is 0 Å². The molecule has 5 rings (SSSR count). The van der Waals surface area contributed by atoms with Gasteiger partial charge in [-0.2, -0.15) is 0 Å². The van der Waals surface area contributed by atoms with Crippen molar-refractivity contribution < 1.29 is 28.4 Å². The molecule has 11 heteroatoms. The van der Waals surface area contributed by atoms with Crippen LogP contribution in [0.3, 0.4) is 0 Å². The lowest BCUT2D eigenvalue weighted by Gasteiger charge is -2.25. The summed E-state index contributed by atoms with van der Waals surface area (Å²) >= 11 is 0. The summed E-state index contributed by atoms with van der Waals surface area (Å²) in [4.78, 5) is 68.5. The molecule has 2 aliphatic rings. The van der Waals surface area contributed by atoms with Gasteiger partial charge in [-0.15, -0.1) is 0 Å². The number of carbonyl (C=O) groups excluding carboxylic acids is 5. The Bertz CT molecular complexity index is 1560. The van der Waals surface area contributed by atoms with Crippen molar-refractivity contribution in [2.24, 2.45) is 5.92 Å². The topological polar surface area (TPSA) is 137 Å². The molecule has 3 atom stereocenters. The van der Waals surface area contributed by atoms with Crippen molar-refractivity contribution in [1.82, 2.24) is 26.2 Å². The van der Waals surface area contributed by atoms with Crippen LogP contribution < -0.4 is 21.3 Å². The SMILES string of the molecule is CC(C)C[C@@H]1NC(=O)[C@@H](Cc2ccccc2)NC(=O)c2ccc(cc2)CN(C(=O)c2ccc(F)cc2)CCCCNC(=O)[C@@H](C)NC1=O. The number of nitrogens with one attached hydrogen (secondary N) is 4. The summed E-state index contributed by atoms with van der Waals surface area (Å²) in [6.07, 6.45) is 1.64. The predicted octanol–water partition coefficient (Wildman–Crippen LogP) is 3.75. The first-order valence-electron chi connectivity index (χ1n) is 16.4. The normalized spacial score (nSPS) is 20.3. The van der Waals surface area contributed by atoms with Gasteiger partial charge in [0.05, 0.1) is 0 Å². The summed E-state index contributed by atoms with van der Waals surface area (Å²) < 4.78 is 13.5. The zero-order chi connectivity index (χ0) is 34.6. The van der Waals surface area contributed by atoms with Gasteiger partial charge in [0.1, 0.15) is 23.9 Å². The van der Waals surface area contributed by atoms with E-state index in [1.54, 1.807) is 36.1 Å². The first-order valence-corrected chi connectivity index (χ1v) is 16.4. The lowest BCUT2D eigenvalue weighted by molar-refractivity contribution is -0.132. The lowest BCUT2D eigenvalue weighted by atomic mass is 10.0. The minimum Gasteiger partial charge on any atom is -0.354 e. The van der Waals surface area contributed by atoms with E-state index in [1.807, 2.05) is 44.2 Å². The van der Waals surface area contributed by atoms with Gasteiger partial charge in [-0.1, -0.05) is 56.3 Å². The number of fused-ring (bicyclic) bond motifs is 18. The van der Waals surface area contributed by atoms with E-state index in [4.69, 9.17) is 0 Å². The maximum absolute atomic E-state index is 13.7. The van der Waals surface area contributed by atoms with Gasteiger partial charge in [0, 0.05) is 37.2 Å². The second-order valence-electron chi connectivity index (χ2n) is 12.6. The molecule has 0 unspecified atom stereocenters. The molecule has 4 N–H and O–H groups in total. The fraction of sp³-hybridized carbons (Fsp3) is 0.378. The van der Waals surface area contributed by atoms with Crippen LogP contribution in [0.15, 0.2) is 78.9 Å². The van der Waals surface area contributed by atoms with Gasteiger partial charge in [0.25, 0.3) is 11.8 Å². The number of hydrogen-bond donors (Lipinski definition) is 4. The highest BCUT2D eigenvalue weighted by Gasteiger charge is 2.29. The quantitative estimate of drug-likeness (QED) is 0.310. The van der Waals surface area contributed by atoms with Crippen molar-refractivity contribution in [3.63, 3.8) is 0 Å². The Labute approximate surface area is 280 Å². The summed E-state index contributed by atoms with van der Waals surface area (Å²) in [7, 11) is 0. The first-order chi connectivity index (χ1) is 23.0. The van der Waals surface area contributed by atoms with Crippen molar-refractivity contribution in [2.45, 2.75) is 71.1 Å². The van der Waals surface area contributed by atoms with Gasteiger partial charge in [0.15, 0.2) is 0 Å². The van der Waals surface area contributed by atoms with Crippen LogP contribution >= 0.6 is 0 Å². The second-order valence-corrected chi connectivity index (χ2v) is 12.6. The Morgan fingerprint density at radius 1 is 0.812 bits per heavy atom. The maximum atomic E-state index is 13.7. The summed E-state index contributed by atoms with van der Waals surface area (Å²) in [5.41, 5.74) is 2.26. The van der Waals surface area contributed by atoms with E-state index in [0.717, 1.165) is 11.1 Å². The number of benzene rings is 3. The van der Waals surface area contributed by atoms with Crippen LogP contribution in [0.5, 0.6) is 0 Å². The molecule has 2 aliphatic heterocycles. The molecule has 0 spiro atoms. The molecular formula is C37H44FN5O5. The summed E-state index contributed by atoms with van der Waals surface area (Å²) in [6, 6.07) is 18.6. The van der Waals surface area contributed by atoms with Gasteiger partial charge in [0.2, 0.25) is 17.7 Å². The van der Waals surface area contributed by atoms with Gasteiger partial charge < -0.3 is 26.2 Å². The van der Waals surface area contributed by atoms with Crippen molar-refractivity contribution >= 4 is 29.5 Å². The molecule has 0 aromatic heterocycles. The van der Waals surface area contributed by atoms with Crippen LogP contribution in [0.2, 0.25) is 0 Å². The molecule has 3 aromatic carbocycles. The van der Waals surface area contributed by atoms with E-state index >= 15 is 0 Å². The Morgan fingerprint density at radius 2 is 1.48 bits per heavy atom. The molecular weight excluding hydrogens is 613 g/mol. The molecule has 0 saturated carbocycles. The van der Waals surface area contributed by atoms with E-state index < -0.39 is 41.7 Å². The second kappa shape index (κ2) is 17.2. The smallest absolute Gasteiger partial charge is 0.254 e. The fourth-order valence-corrected chi connectivity index (χ4v) is 5.46. The molecule has 48 heavy (non-hydrogen) atoms. The van der Waals surface area contributed by atoms with Crippen molar-refractivity contribution in [3.8, 4) is 0 Å². The molecule has 10 nitrogen and oxygen atoms in total. The fourth-order valence-electron chi connectivity index (χ4n) is 5.46. The van der Waals surface area contributed by atoms with E-state index in [2.05, 4.69) is 21.3 Å². The summed E-state index contributed by atoms with van der Waals surface area (Å²) in [5, 5.41) is 11.2. The zero-order valence-electron chi connectivity index (χ0n) is 27.6. The number of hydrogen-bond acceptors (Lipinski definition) is 5. The van der Waals surface area contributed by atoms with E-state index in [0.29, 0.717) is 43.5 Å². The number of amides is 5. The van der Waals surface area contributed by atoms with Crippen molar-refractivity contribution in [2.75, 3.05) is 13.1 Å². The molecule has 5 amide bonds. The predicted molar refractivity (Wildman–Crippen MR) is 180 cm³/mol. The van der Waals surface area contributed by atoms with Crippen LogP contribution in [-0.2, 0) is 27.3 Å². The van der Waals surface area contributed by atoms with Crippen LogP contribution in [0.1, 0.15) is 71.9 Å². The average Bonchev–Trinajstić information content (AvgIpc) is 3.07. The number of nitrogens with zero attached hydrogens (tertiary/aromatic N) is 1. The highest BCUT2D eigenvalue weighted by Crippen LogP contribution is 2.15. The van der Waals surface area contributed by atoms with E-state index in [9.17, 15) is 28.4 Å². The molecule has 0 saturated heterocycles. The molecule has 3 aromatic rings. The van der Waals surface area contributed by atoms with Crippen LogP contribution in [0, 0.1) is 11.7 Å². The summed E-state index contributed by atoms with van der Waals surface area (Å²) in [6.45, 7) is 6.36. The number of carbonyl (C=O) groups is 5. The van der Waals surface area contributed by atoms with Gasteiger partial charge in [-0.3, -0.25) is 24.0 Å². The van der Waals surface area contributed by atoms with Crippen molar-refractivity contribution in [3.05, 3.63) is 107 Å². The average molecular weight is 658 g/mol. The molecule has 0 fully saturated rings. The van der Waals surface area contributed by atoms with E-state index in [-0.39, 0.29) is 30.7 Å². The molecule has 2 bridgehead atoms. The first kappa shape index (κ1) is 35.8. The lowest BCUT2D eigenvalue weighted by Crippen LogP contribution is -2.57. The molecule has 0 radical (unpaired) electrons. The summed E-state index contributed by atoms with van der Waals surface area (Å²) in [5.74, 6) is -2.54. The maximum Gasteiger partial charge on any atom is 0.254 e. The minimum absolute atomic E-state index is 0.0508. The van der Waals surface area contributed by atoms with Crippen molar-refractivity contribution in [1.29, 1.82) is 0 Å².